The highest BCUT2D eigenvalue weighted by Crippen LogP contribution is 2.27. The van der Waals surface area contributed by atoms with Crippen molar-refractivity contribution >= 4 is 27.2 Å². The smallest absolute Gasteiger partial charge is 0.108 e. The minimum atomic E-state index is -1.42. The maximum absolute atomic E-state index is 11.1. The van der Waals surface area contributed by atoms with E-state index in [-0.39, 0.29) is 5.75 Å². The number of aromatic hydroxyl groups is 1. The highest BCUT2D eigenvalue weighted by atomic mass is 32.2. The lowest BCUT2D eigenvalue weighted by Gasteiger charge is -2.08. The lowest BCUT2D eigenvalue weighted by molar-refractivity contribution is 0.467. The van der Waals surface area contributed by atoms with Gasteiger partial charge in [-0.05, 0) is 18.2 Å². The zero-order valence-electron chi connectivity index (χ0n) is 7.30. The molecule has 0 radical (unpaired) electrons. The average molecular weight is 206 g/mol. The predicted molar refractivity (Wildman–Crippen MR) is 56.8 cm³/mol. The number of phenols is 1. The second-order valence-corrected chi connectivity index (χ2v) is 3.96. The van der Waals surface area contributed by atoms with Gasteiger partial charge < -0.3 is 9.32 Å². The van der Waals surface area contributed by atoms with E-state index in [0.29, 0.717) is 15.8 Å². The molecule has 0 aliphatic carbocycles. The van der Waals surface area contributed by atoms with E-state index in [1.165, 1.54) is 0 Å². The Labute approximate surface area is 83.1 Å². The molecule has 0 aliphatic heterocycles. The molecular weight excluding hydrogens is 198 g/mol. The summed E-state index contributed by atoms with van der Waals surface area (Å²) < 4.78 is 11.1. The number of aromatic nitrogens is 1. The number of benzene rings is 1. The van der Waals surface area contributed by atoms with Crippen LogP contribution in [0.15, 0.2) is 35.4 Å². The summed E-state index contributed by atoms with van der Waals surface area (Å²) >= 11 is 0. The fraction of sp³-hybridized carbons (Fsp3) is 0. The minimum absolute atomic E-state index is 0.00364. The molecule has 0 saturated heterocycles. The van der Waals surface area contributed by atoms with Crippen LogP contribution in [0.3, 0.4) is 0 Å². The Morgan fingerprint density at radius 3 is 2.86 bits per heavy atom. The van der Waals surface area contributed by atoms with Crippen LogP contribution in [0.2, 0.25) is 0 Å². The summed E-state index contributed by atoms with van der Waals surface area (Å²) in [5, 5.41) is 10.3. The van der Waals surface area contributed by atoms with Gasteiger partial charge in [0.1, 0.15) is 5.75 Å². The van der Waals surface area contributed by atoms with Crippen LogP contribution >= 0.6 is 0 Å². The molecule has 1 aromatic carbocycles. The van der Waals surface area contributed by atoms with Crippen LogP contribution in [0.4, 0.5) is 0 Å². The van der Waals surface area contributed by atoms with E-state index in [1.54, 1.807) is 30.5 Å². The van der Waals surface area contributed by atoms with E-state index in [4.69, 9.17) is 0 Å². The van der Waals surface area contributed by atoms with Gasteiger partial charge in [-0.3, -0.25) is 4.98 Å². The summed E-state index contributed by atoms with van der Waals surface area (Å²) in [7, 11) is -1.42. The van der Waals surface area contributed by atoms with E-state index in [9.17, 15) is 9.32 Å². The predicted octanol–water partition coefficient (Wildman–Crippen LogP) is 1.70. The number of rotatable bonds is 1. The quantitative estimate of drug-likeness (QED) is 0.570. The second-order valence-electron chi connectivity index (χ2n) is 2.83. The third kappa shape index (κ3) is 1.33. The summed E-state index contributed by atoms with van der Waals surface area (Å²) in [6.07, 6.45) is 1.64. The summed E-state index contributed by atoms with van der Waals surface area (Å²) in [4.78, 5) is 4.40. The summed E-state index contributed by atoms with van der Waals surface area (Å²) in [6, 6.07) is 6.74. The molecule has 2 aromatic rings. The Morgan fingerprint density at radius 2 is 2.14 bits per heavy atom. The van der Waals surface area contributed by atoms with Gasteiger partial charge in [0.2, 0.25) is 0 Å². The van der Waals surface area contributed by atoms with Crippen molar-refractivity contribution in [2.75, 3.05) is 0 Å². The highest BCUT2D eigenvalue weighted by Gasteiger charge is 2.00. The van der Waals surface area contributed by atoms with Crippen molar-refractivity contribution in [2.24, 2.45) is 0 Å². The van der Waals surface area contributed by atoms with Gasteiger partial charge in [0.25, 0.3) is 0 Å². The molecule has 0 aliphatic rings. The zero-order valence-corrected chi connectivity index (χ0v) is 8.12. The molecular formula is C10H8NO2S-. The van der Waals surface area contributed by atoms with Crippen LogP contribution in [0.25, 0.3) is 10.9 Å². The molecule has 1 aromatic heterocycles. The van der Waals surface area contributed by atoms with Gasteiger partial charge in [-0.1, -0.05) is 11.0 Å². The molecule has 0 unspecified atom stereocenters. The van der Waals surface area contributed by atoms with Gasteiger partial charge in [0, 0.05) is 11.6 Å². The lowest BCUT2D eigenvalue weighted by atomic mass is 10.2. The monoisotopic (exact) mass is 206 g/mol. The van der Waals surface area contributed by atoms with Gasteiger partial charge in [-0.15, -0.1) is 0 Å². The van der Waals surface area contributed by atoms with Crippen molar-refractivity contribution in [1.82, 2.24) is 4.98 Å². The molecule has 14 heavy (non-hydrogen) atoms. The molecule has 1 heterocycles. The first kappa shape index (κ1) is 9.02. The van der Waals surface area contributed by atoms with Crippen LogP contribution in [0.1, 0.15) is 0 Å². The molecule has 0 amide bonds. The largest absolute Gasteiger partial charge is 0.509 e. The van der Waals surface area contributed by atoms with Gasteiger partial charge in [0.15, 0.2) is 0 Å². The fourth-order valence-corrected chi connectivity index (χ4v) is 1.85. The topological polar surface area (TPSA) is 50.2 Å². The first-order chi connectivity index (χ1) is 6.70. The molecule has 1 N–H and O–H groups in total. The standard InChI is InChI=1S/C10H8NO2S/c1-14(13)9-5-4-8-7(10(9)12)3-2-6-11-8/h2-6,12H,1H2/q-1. The van der Waals surface area contributed by atoms with Crippen LogP contribution in [-0.2, 0) is 14.6 Å². The van der Waals surface area contributed by atoms with E-state index < -0.39 is 10.4 Å². The van der Waals surface area contributed by atoms with E-state index >= 15 is 0 Å². The molecule has 3 nitrogen and oxygen atoms in total. The molecule has 0 saturated carbocycles. The molecule has 0 atom stereocenters. The number of pyridine rings is 1. The highest BCUT2D eigenvalue weighted by molar-refractivity contribution is 7.82. The average Bonchev–Trinajstić information content (AvgIpc) is 2.18. The van der Waals surface area contributed by atoms with Crippen molar-refractivity contribution < 1.29 is 9.32 Å². The third-order valence-electron chi connectivity index (χ3n) is 1.96. The first-order valence-corrected chi connectivity index (χ1v) is 5.30. The maximum Gasteiger partial charge on any atom is 0.108 e. The van der Waals surface area contributed by atoms with Crippen molar-refractivity contribution in [1.29, 1.82) is 0 Å². The zero-order chi connectivity index (χ0) is 10.1. The molecule has 4 heteroatoms. The fourth-order valence-electron chi connectivity index (χ4n) is 1.30. The third-order valence-corrected chi connectivity index (χ3v) is 2.78. The Bertz CT molecular complexity index is 553. The Kier molecular flexibility index (Phi) is 2.13. The van der Waals surface area contributed by atoms with Crippen LogP contribution in [0, 0.1) is 0 Å². The number of phenolic OH excluding ortho intramolecular Hbond substituents is 1. The summed E-state index contributed by atoms with van der Waals surface area (Å²) in [5.41, 5.74) is 0.680. The van der Waals surface area contributed by atoms with Crippen LogP contribution in [-0.4, -0.2) is 16.0 Å². The number of hydrogen-bond acceptors (Lipinski definition) is 4. The van der Waals surface area contributed by atoms with E-state index in [2.05, 4.69) is 10.9 Å². The Morgan fingerprint density at radius 1 is 1.36 bits per heavy atom. The van der Waals surface area contributed by atoms with Crippen molar-refractivity contribution in [2.45, 2.75) is 4.90 Å². The van der Waals surface area contributed by atoms with Gasteiger partial charge in [-0.2, -0.15) is 5.87 Å². The van der Waals surface area contributed by atoms with Crippen molar-refractivity contribution in [3.8, 4) is 5.75 Å². The Hall–Kier alpha value is -1.55. The van der Waals surface area contributed by atoms with Crippen LogP contribution in [0.5, 0.6) is 5.75 Å². The number of fused-ring (bicyclic) bond motifs is 1. The summed E-state index contributed by atoms with van der Waals surface area (Å²) in [5.74, 6) is 3.37. The van der Waals surface area contributed by atoms with Gasteiger partial charge >= 0.3 is 0 Å². The molecule has 0 bridgehead atoms. The SMILES string of the molecule is C=[S-](=O)c1ccc2ncccc2c1O. The second kappa shape index (κ2) is 3.31. The first-order valence-electron chi connectivity index (χ1n) is 3.98. The molecule has 0 spiro atoms. The number of nitrogens with zero attached hydrogens (tertiary/aromatic N) is 1. The Balaban J connectivity index is 2.88. The maximum atomic E-state index is 11.1. The molecule has 2 rings (SSSR count). The van der Waals surface area contributed by atoms with Gasteiger partial charge in [-0.25, -0.2) is 10.4 Å². The summed E-state index contributed by atoms with van der Waals surface area (Å²) in [6.45, 7) is 0. The number of hydrogen-bond donors (Lipinski definition) is 1. The normalized spacial score (nSPS) is 10.9. The lowest BCUT2D eigenvalue weighted by Crippen LogP contribution is -1.84. The van der Waals surface area contributed by atoms with Crippen molar-refractivity contribution in [3.05, 3.63) is 30.5 Å². The van der Waals surface area contributed by atoms with Crippen molar-refractivity contribution in [3.63, 3.8) is 0 Å². The van der Waals surface area contributed by atoms with E-state index in [1.807, 2.05) is 0 Å². The van der Waals surface area contributed by atoms with Crippen LogP contribution < -0.4 is 0 Å². The molecule has 0 fully saturated rings. The minimum Gasteiger partial charge on any atom is -0.509 e. The van der Waals surface area contributed by atoms with E-state index in [0.717, 1.165) is 0 Å². The molecule has 72 valence electrons. The van der Waals surface area contributed by atoms with Gasteiger partial charge in [0.05, 0.1) is 5.52 Å².